The van der Waals surface area contributed by atoms with E-state index in [1.807, 2.05) is 30.3 Å². The van der Waals surface area contributed by atoms with E-state index in [0.717, 1.165) is 56.9 Å². The highest BCUT2D eigenvalue weighted by Gasteiger charge is 2.27. The number of rotatable bonds is 16. The Bertz CT molecular complexity index is 946. The van der Waals surface area contributed by atoms with Crippen molar-refractivity contribution in [1.29, 1.82) is 0 Å². The van der Waals surface area contributed by atoms with E-state index in [4.69, 9.17) is 9.84 Å². The summed E-state index contributed by atoms with van der Waals surface area (Å²) in [7, 11) is 0. The molecule has 0 radical (unpaired) electrons. The number of carboxylic acid groups (broad SMARTS) is 1. The predicted molar refractivity (Wildman–Crippen MR) is 130 cm³/mol. The largest absolute Gasteiger partial charge is 0.482 e. The number of carboxylic acids is 1. The smallest absolute Gasteiger partial charge is 0.323 e. The molecule has 0 aliphatic carbocycles. The summed E-state index contributed by atoms with van der Waals surface area (Å²) in [6, 6.07) is 12.5. The van der Waals surface area contributed by atoms with Crippen molar-refractivity contribution in [1.82, 2.24) is 5.32 Å². The van der Waals surface area contributed by atoms with E-state index in [9.17, 15) is 19.7 Å². The molecule has 2 rings (SSSR count). The Morgan fingerprint density at radius 1 is 0.941 bits per heavy atom. The monoisotopic (exact) mass is 470 g/mol. The molecule has 0 aromatic heterocycles. The van der Waals surface area contributed by atoms with Crippen LogP contribution in [0.1, 0.15) is 79.3 Å². The third-order valence-corrected chi connectivity index (χ3v) is 5.58. The van der Waals surface area contributed by atoms with Gasteiger partial charge >= 0.3 is 11.7 Å². The average molecular weight is 471 g/mol. The maximum atomic E-state index is 12.7. The van der Waals surface area contributed by atoms with Gasteiger partial charge in [0.2, 0.25) is 5.75 Å². The second-order valence-electron chi connectivity index (χ2n) is 8.37. The molecule has 2 aromatic rings. The number of carbonyl (C=O) groups excluding carboxylic acids is 1. The Kier molecular flexibility index (Phi) is 11.6. The first-order valence-electron chi connectivity index (χ1n) is 11.8. The number of carbonyl (C=O) groups is 2. The molecule has 0 fully saturated rings. The predicted octanol–water partition coefficient (Wildman–Crippen LogP) is 5.81. The lowest BCUT2D eigenvalue weighted by Gasteiger charge is -2.13. The normalized spacial score (nSPS) is 10.6. The maximum absolute atomic E-state index is 12.7. The molecule has 0 atom stereocenters. The Balaban J connectivity index is 1.80. The Hall–Kier alpha value is -3.42. The van der Waals surface area contributed by atoms with Gasteiger partial charge in [-0.2, -0.15) is 0 Å². The first-order valence-corrected chi connectivity index (χ1v) is 11.8. The molecule has 0 heterocycles. The van der Waals surface area contributed by atoms with Gasteiger partial charge in [-0.3, -0.25) is 19.7 Å². The number of ether oxygens (including phenoxy) is 1. The SMILES string of the molecule is Cc1ccc(C(=O)NCCCCCCCCCCC(=O)O)c([N+](=O)[O-])c1OCc1ccccc1. The summed E-state index contributed by atoms with van der Waals surface area (Å²) >= 11 is 0. The molecule has 0 aliphatic rings. The maximum Gasteiger partial charge on any atom is 0.323 e. The van der Waals surface area contributed by atoms with E-state index in [0.29, 0.717) is 12.1 Å². The lowest BCUT2D eigenvalue weighted by atomic mass is 10.1. The number of nitro groups is 1. The number of aliphatic carboxylic acids is 1. The van der Waals surface area contributed by atoms with E-state index in [1.54, 1.807) is 13.0 Å². The third-order valence-electron chi connectivity index (χ3n) is 5.58. The van der Waals surface area contributed by atoms with E-state index >= 15 is 0 Å². The third kappa shape index (κ3) is 9.21. The van der Waals surface area contributed by atoms with Crippen LogP contribution >= 0.6 is 0 Å². The van der Waals surface area contributed by atoms with Crippen molar-refractivity contribution in [3.05, 3.63) is 69.3 Å². The summed E-state index contributed by atoms with van der Waals surface area (Å²) < 4.78 is 5.77. The molecule has 0 spiro atoms. The minimum Gasteiger partial charge on any atom is -0.482 e. The average Bonchev–Trinajstić information content (AvgIpc) is 2.81. The van der Waals surface area contributed by atoms with Gasteiger partial charge in [-0.05, 0) is 37.0 Å². The molecule has 2 aromatic carbocycles. The number of unbranched alkanes of at least 4 members (excludes halogenated alkanes) is 7. The summed E-state index contributed by atoms with van der Waals surface area (Å²) in [6.45, 7) is 2.34. The van der Waals surface area contributed by atoms with Gasteiger partial charge < -0.3 is 15.2 Å². The zero-order valence-corrected chi connectivity index (χ0v) is 19.8. The summed E-state index contributed by atoms with van der Waals surface area (Å²) in [4.78, 5) is 34.4. The minimum atomic E-state index is -0.742. The number of nitrogens with zero attached hydrogens (tertiary/aromatic N) is 1. The number of nitro benzene ring substituents is 1. The Labute approximate surface area is 200 Å². The molecule has 34 heavy (non-hydrogen) atoms. The van der Waals surface area contributed by atoms with E-state index < -0.39 is 16.8 Å². The van der Waals surface area contributed by atoms with Gasteiger partial charge in [0.25, 0.3) is 5.91 Å². The quantitative estimate of drug-likeness (QED) is 0.182. The zero-order valence-electron chi connectivity index (χ0n) is 19.8. The van der Waals surface area contributed by atoms with Crippen molar-refractivity contribution in [2.24, 2.45) is 0 Å². The summed E-state index contributed by atoms with van der Waals surface area (Å²) in [6.07, 6.45) is 7.88. The van der Waals surface area contributed by atoms with Crippen LogP contribution in [0.15, 0.2) is 42.5 Å². The number of hydrogen-bond donors (Lipinski definition) is 2. The summed E-state index contributed by atoms with van der Waals surface area (Å²) in [5.41, 5.74) is 1.17. The van der Waals surface area contributed by atoms with Gasteiger partial charge in [0.05, 0.1) is 4.92 Å². The van der Waals surface area contributed by atoms with Crippen molar-refractivity contribution in [2.45, 2.75) is 71.3 Å². The molecule has 0 saturated heterocycles. The molecule has 0 bridgehead atoms. The fourth-order valence-corrected chi connectivity index (χ4v) is 3.71. The highest BCUT2D eigenvalue weighted by molar-refractivity contribution is 5.99. The molecule has 2 N–H and O–H groups in total. The van der Waals surface area contributed by atoms with E-state index in [2.05, 4.69) is 5.32 Å². The van der Waals surface area contributed by atoms with Gasteiger partial charge in [0.15, 0.2) is 0 Å². The second kappa shape index (κ2) is 14.7. The van der Waals surface area contributed by atoms with Crippen LogP contribution in [0.25, 0.3) is 0 Å². The van der Waals surface area contributed by atoms with Crippen LogP contribution in [0.5, 0.6) is 5.75 Å². The Morgan fingerprint density at radius 2 is 1.56 bits per heavy atom. The zero-order chi connectivity index (χ0) is 24.8. The van der Waals surface area contributed by atoms with Gasteiger partial charge in [-0.25, -0.2) is 0 Å². The number of amides is 1. The van der Waals surface area contributed by atoms with Crippen molar-refractivity contribution < 1.29 is 24.4 Å². The molecule has 8 heteroatoms. The fraction of sp³-hybridized carbons (Fsp3) is 0.462. The van der Waals surface area contributed by atoms with Crippen LogP contribution in [0, 0.1) is 17.0 Å². The number of hydrogen-bond acceptors (Lipinski definition) is 5. The van der Waals surface area contributed by atoms with E-state index in [1.165, 1.54) is 6.07 Å². The van der Waals surface area contributed by atoms with Crippen molar-refractivity contribution in [3.63, 3.8) is 0 Å². The molecule has 8 nitrogen and oxygen atoms in total. The Morgan fingerprint density at radius 3 is 2.18 bits per heavy atom. The topological polar surface area (TPSA) is 119 Å². The lowest BCUT2D eigenvalue weighted by molar-refractivity contribution is -0.386. The van der Waals surface area contributed by atoms with Gasteiger partial charge in [0.1, 0.15) is 12.2 Å². The van der Waals surface area contributed by atoms with Crippen molar-refractivity contribution in [3.8, 4) is 5.75 Å². The summed E-state index contributed by atoms with van der Waals surface area (Å²) in [5.74, 6) is -1.10. The second-order valence-corrected chi connectivity index (χ2v) is 8.37. The highest BCUT2D eigenvalue weighted by Crippen LogP contribution is 2.35. The van der Waals surface area contributed by atoms with Crippen LogP contribution in [0.4, 0.5) is 5.69 Å². The number of benzene rings is 2. The number of nitrogens with one attached hydrogen (secondary N) is 1. The van der Waals surface area contributed by atoms with Crippen LogP contribution in [0.3, 0.4) is 0 Å². The van der Waals surface area contributed by atoms with Crippen LogP contribution in [-0.4, -0.2) is 28.5 Å². The molecule has 1 amide bonds. The molecule has 0 saturated carbocycles. The van der Waals surface area contributed by atoms with Crippen LogP contribution < -0.4 is 10.1 Å². The van der Waals surface area contributed by atoms with Gasteiger partial charge in [-0.1, -0.05) is 74.9 Å². The van der Waals surface area contributed by atoms with Crippen molar-refractivity contribution >= 4 is 17.6 Å². The van der Waals surface area contributed by atoms with Crippen LogP contribution in [0.2, 0.25) is 0 Å². The molecule has 0 unspecified atom stereocenters. The number of aryl methyl sites for hydroxylation is 1. The fourth-order valence-electron chi connectivity index (χ4n) is 3.71. The minimum absolute atomic E-state index is 0.0000209. The standard InChI is InChI=1S/C26H34N2O6/c1-20-16-17-22(24(28(32)33)25(20)34-19-21-13-9-8-10-14-21)26(31)27-18-12-7-5-3-2-4-6-11-15-23(29)30/h8-10,13-14,16-17H,2-7,11-12,15,18-19H2,1H3,(H,27,31)(H,29,30). The first-order chi connectivity index (χ1) is 16.4. The molecule has 0 aliphatic heterocycles. The highest BCUT2D eigenvalue weighted by atomic mass is 16.6. The van der Waals surface area contributed by atoms with E-state index in [-0.39, 0.29) is 30.0 Å². The van der Waals surface area contributed by atoms with Crippen molar-refractivity contribution in [2.75, 3.05) is 6.54 Å². The van der Waals surface area contributed by atoms with Gasteiger partial charge in [0, 0.05) is 13.0 Å². The molecular formula is C26H34N2O6. The molecular weight excluding hydrogens is 436 g/mol. The van der Waals surface area contributed by atoms with Crippen LogP contribution in [-0.2, 0) is 11.4 Å². The first kappa shape index (κ1) is 26.8. The molecule has 184 valence electrons. The lowest BCUT2D eigenvalue weighted by Crippen LogP contribution is -2.25. The summed E-state index contributed by atoms with van der Waals surface area (Å²) in [5, 5.41) is 23.2. The van der Waals surface area contributed by atoms with Gasteiger partial charge in [-0.15, -0.1) is 0 Å².